The summed E-state index contributed by atoms with van der Waals surface area (Å²) in [5.41, 5.74) is 2.68. The molecule has 3 aromatic rings. The van der Waals surface area contributed by atoms with Crippen LogP contribution in [0.2, 0.25) is 5.02 Å². The zero-order valence-electron chi connectivity index (χ0n) is 20.5. The smallest absolute Gasteiger partial charge is 0.251 e. The molecule has 1 heterocycles. The Morgan fingerprint density at radius 1 is 1.08 bits per heavy atom. The van der Waals surface area contributed by atoms with Crippen molar-refractivity contribution in [2.24, 2.45) is 0 Å². The average molecular weight is 526 g/mol. The Bertz CT molecular complexity index is 1360. The number of nitrogens with zero attached hydrogens (tertiary/aromatic N) is 2. The fraction of sp³-hybridized carbons (Fsp3) is 0.269. The second kappa shape index (κ2) is 11.1. The molecule has 0 bridgehead atoms. The molecule has 188 valence electrons. The molecular weight excluding hydrogens is 497 g/mol. The van der Waals surface area contributed by atoms with E-state index in [-0.39, 0.29) is 11.9 Å². The number of allylic oxidation sites excluding steroid dienone is 1. The number of aromatic nitrogens is 2. The van der Waals surface area contributed by atoms with Crippen LogP contribution in [0.4, 0.5) is 28.8 Å². The van der Waals surface area contributed by atoms with Gasteiger partial charge in [-0.05, 0) is 69.3 Å². The van der Waals surface area contributed by atoms with Crippen LogP contribution in [0.5, 0.6) is 5.75 Å². The average Bonchev–Trinajstić information content (AvgIpc) is 2.86. The van der Waals surface area contributed by atoms with E-state index in [0.29, 0.717) is 39.0 Å². The molecule has 2 aromatic carbocycles. The Kier molecular flexibility index (Phi) is 7.97. The molecule has 8 nitrogen and oxygen atoms in total. The third-order valence-corrected chi connectivity index (χ3v) is 7.59. The van der Waals surface area contributed by atoms with Gasteiger partial charge in [0.15, 0.2) is 5.82 Å². The number of rotatable bonds is 8. The Labute approximate surface area is 215 Å². The second-order valence-electron chi connectivity index (χ2n) is 8.85. The van der Waals surface area contributed by atoms with E-state index < -0.39 is 7.14 Å². The molecule has 0 saturated heterocycles. The van der Waals surface area contributed by atoms with Gasteiger partial charge in [-0.25, -0.2) is 4.98 Å². The first-order valence-corrected chi connectivity index (χ1v) is 14.6. The quantitative estimate of drug-likeness (QED) is 0.296. The van der Waals surface area contributed by atoms with Crippen LogP contribution in [0.3, 0.4) is 0 Å². The van der Waals surface area contributed by atoms with Crippen molar-refractivity contribution < 1.29 is 14.1 Å². The molecule has 0 fully saturated rings. The number of hydrogen-bond donors (Lipinski definition) is 3. The second-order valence-corrected chi connectivity index (χ2v) is 12.4. The lowest BCUT2D eigenvalue weighted by atomic mass is 9.99. The van der Waals surface area contributed by atoms with Gasteiger partial charge >= 0.3 is 0 Å². The molecule has 0 atom stereocenters. The van der Waals surface area contributed by atoms with Crippen molar-refractivity contribution in [3.05, 3.63) is 65.3 Å². The SMILES string of the molecule is COc1ccc(NC(=O)C2=CCCCC2)cc1Nc1ncc(Cl)c(Nc2ccccc2P(C)(C)=O)n1. The van der Waals surface area contributed by atoms with Crippen molar-refractivity contribution in [3.63, 3.8) is 0 Å². The zero-order chi connectivity index (χ0) is 25.7. The van der Waals surface area contributed by atoms with Crippen molar-refractivity contribution in [1.82, 2.24) is 9.97 Å². The van der Waals surface area contributed by atoms with E-state index in [2.05, 4.69) is 25.9 Å². The summed E-state index contributed by atoms with van der Waals surface area (Å²) in [4.78, 5) is 21.5. The first-order valence-electron chi connectivity index (χ1n) is 11.6. The number of hydrogen-bond acceptors (Lipinski definition) is 7. The van der Waals surface area contributed by atoms with Crippen LogP contribution in [-0.4, -0.2) is 36.3 Å². The molecule has 0 unspecified atom stereocenters. The van der Waals surface area contributed by atoms with Crippen molar-refractivity contribution in [3.8, 4) is 5.75 Å². The molecule has 10 heteroatoms. The summed E-state index contributed by atoms with van der Waals surface area (Å²) in [6.45, 7) is 3.43. The van der Waals surface area contributed by atoms with Gasteiger partial charge in [0.25, 0.3) is 5.91 Å². The van der Waals surface area contributed by atoms with Crippen LogP contribution in [0.15, 0.2) is 60.3 Å². The van der Waals surface area contributed by atoms with Crippen LogP contribution < -0.4 is 26.0 Å². The molecule has 0 radical (unpaired) electrons. The first-order chi connectivity index (χ1) is 17.2. The third-order valence-electron chi connectivity index (χ3n) is 5.77. The number of benzene rings is 2. The summed E-state index contributed by atoms with van der Waals surface area (Å²) in [5.74, 6) is 1.10. The standard InChI is InChI=1S/C26H29ClN5O3P/c1-35-22-14-13-18(29-25(33)17-9-5-4-6-10-17)15-21(22)31-26-28-16-19(27)24(32-26)30-20-11-7-8-12-23(20)36(2,3)34/h7-9,11-16H,4-6,10H2,1-3H3,(H,29,33)(H2,28,30,31,32). The molecule has 0 saturated carbocycles. The fourth-order valence-electron chi connectivity index (χ4n) is 3.95. The Balaban J connectivity index is 1.58. The fourth-order valence-corrected chi connectivity index (χ4v) is 5.25. The number of anilines is 5. The highest BCUT2D eigenvalue weighted by molar-refractivity contribution is 7.70. The third kappa shape index (κ3) is 6.25. The van der Waals surface area contributed by atoms with E-state index in [9.17, 15) is 9.36 Å². The van der Waals surface area contributed by atoms with Crippen molar-refractivity contribution in [1.29, 1.82) is 0 Å². The van der Waals surface area contributed by atoms with Crippen LogP contribution >= 0.6 is 18.7 Å². The van der Waals surface area contributed by atoms with Crippen LogP contribution in [0.25, 0.3) is 0 Å². The summed E-state index contributed by atoms with van der Waals surface area (Å²) in [5, 5.41) is 10.3. The van der Waals surface area contributed by atoms with E-state index in [4.69, 9.17) is 16.3 Å². The van der Waals surface area contributed by atoms with E-state index >= 15 is 0 Å². The van der Waals surface area contributed by atoms with Gasteiger partial charge in [0, 0.05) is 16.6 Å². The summed E-state index contributed by atoms with van der Waals surface area (Å²) >= 11 is 6.37. The highest BCUT2D eigenvalue weighted by Crippen LogP contribution is 2.39. The number of para-hydroxylation sites is 1. The molecule has 1 aliphatic rings. The molecule has 0 spiro atoms. The van der Waals surface area contributed by atoms with Gasteiger partial charge in [0.05, 0.1) is 24.7 Å². The van der Waals surface area contributed by atoms with Crippen LogP contribution in [0.1, 0.15) is 25.7 Å². The van der Waals surface area contributed by atoms with Gasteiger partial charge in [-0.2, -0.15) is 4.98 Å². The number of amides is 1. The Morgan fingerprint density at radius 3 is 2.61 bits per heavy atom. The van der Waals surface area contributed by atoms with E-state index in [1.54, 1.807) is 38.6 Å². The molecule has 1 amide bonds. The van der Waals surface area contributed by atoms with Gasteiger partial charge in [0.1, 0.15) is 17.9 Å². The van der Waals surface area contributed by atoms with Gasteiger partial charge in [-0.3, -0.25) is 4.79 Å². The summed E-state index contributed by atoms with van der Waals surface area (Å²) in [6.07, 6.45) is 7.35. The number of ether oxygens (including phenoxy) is 1. The number of carbonyl (C=O) groups excluding carboxylic acids is 1. The van der Waals surface area contributed by atoms with Crippen molar-refractivity contribution in [2.45, 2.75) is 25.7 Å². The predicted octanol–water partition coefficient (Wildman–Crippen LogP) is 6.31. The monoisotopic (exact) mass is 525 g/mol. The zero-order valence-corrected chi connectivity index (χ0v) is 22.1. The summed E-state index contributed by atoms with van der Waals surface area (Å²) < 4.78 is 18.2. The molecule has 4 rings (SSSR count). The minimum Gasteiger partial charge on any atom is -0.495 e. The molecule has 1 aromatic heterocycles. The number of carbonyl (C=O) groups is 1. The van der Waals surface area contributed by atoms with Gasteiger partial charge in [-0.15, -0.1) is 0 Å². The minimum atomic E-state index is -2.53. The molecule has 3 N–H and O–H groups in total. The number of methoxy groups -OCH3 is 1. The van der Waals surface area contributed by atoms with Gasteiger partial charge in [-0.1, -0.05) is 29.8 Å². The molecular formula is C26H29ClN5O3P. The minimum absolute atomic E-state index is 0.0946. The molecule has 0 aliphatic heterocycles. The number of nitrogens with one attached hydrogen (secondary N) is 3. The highest BCUT2D eigenvalue weighted by atomic mass is 35.5. The Morgan fingerprint density at radius 2 is 1.89 bits per heavy atom. The number of halogens is 1. The molecule has 1 aliphatic carbocycles. The van der Waals surface area contributed by atoms with Crippen molar-refractivity contribution in [2.75, 3.05) is 36.4 Å². The maximum atomic E-state index is 12.7. The maximum Gasteiger partial charge on any atom is 0.251 e. The maximum absolute atomic E-state index is 12.7. The molecule has 36 heavy (non-hydrogen) atoms. The van der Waals surface area contributed by atoms with E-state index in [0.717, 1.165) is 31.3 Å². The largest absolute Gasteiger partial charge is 0.495 e. The lowest BCUT2D eigenvalue weighted by Crippen LogP contribution is -2.16. The van der Waals surface area contributed by atoms with E-state index in [1.807, 2.05) is 30.3 Å². The first kappa shape index (κ1) is 25.7. The van der Waals surface area contributed by atoms with Gasteiger partial charge in [0.2, 0.25) is 5.95 Å². The van der Waals surface area contributed by atoms with Gasteiger partial charge < -0.3 is 25.3 Å². The highest BCUT2D eigenvalue weighted by Gasteiger charge is 2.18. The van der Waals surface area contributed by atoms with Crippen LogP contribution in [-0.2, 0) is 9.36 Å². The van der Waals surface area contributed by atoms with Crippen molar-refractivity contribution >= 4 is 58.8 Å². The normalized spacial score (nSPS) is 13.5. The lowest BCUT2D eigenvalue weighted by molar-refractivity contribution is -0.113. The predicted molar refractivity (Wildman–Crippen MR) is 147 cm³/mol. The topological polar surface area (TPSA) is 105 Å². The van der Waals surface area contributed by atoms with E-state index in [1.165, 1.54) is 6.20 Å². The summed E-state index contributed by atoms with van der Waals surface area (Å²) in [7, 11) is -0.971. The Hall–Kier alpha value is -3.35. The summed E-state index contributed by atoms with van der Waals surface area (Å²) in [6, 6.07) is 12.7. The lowest BCUT2D eigenvalue weighted by Gasteiger charge is -2.17. The van der Waals surface area contributed by atoms with Crippen LogP contribution in [0, 0.1) is 0 Å².